The highest BCUT2D eigenvalue weighted by Gasteiger charge is 2.29. The van der Waals surface area contributed by atoms with Gasteiger partial charge in [-0.1, -0.05) is 13.8 Å². The molecule has 0 aromatic carbocycles. The van der Waals surface area contributed by atoms with Gasteiger partial charge in [0, 0.05) is 22.5 Å². The maximum atomic E-state index is 4.80. The molecule has 1 saturated carbocycles. The summed E-state index contributed by atoms with van der Waals surface area (Å²) in [6.45, 7) is 6.43. The van der Waals surface area contributed by atoms with E-state index in [4.69, 9.17) is 4.98 Å². The van der Waals surface area contributed by atoms with Crippen molar-refractivity contribution in [3.63, 3.8) is 0 Å². The molecule has 1 unspecified atom stereocenters. The van der Waals surface area contributed by atoms with Crippen LogP contribution in [0, 0.1) is 6.92 Å². The van der Waals surface area contributed by atoms with Crippen molar-refractivity contribution in [2.24, 2.45) is 0 Å². The van der Waals surface area contributed by atoms with Gasteiger partial charge in [0.2, 0.25) is 0 Å². The van der Waals surface area contributed by atoms with E-state index in [0.717, 1.165) is 15.7 Å². The van der Waals surface area contributed by atoms with Crippen LogP contribution in [-0.2, 0) is 0 Å². The quantitative estimate of drug-likeness (QED) is 0.909. The smallest absolute Gasteiger partial charge is 0.117 e. The lowest BCUT2D eigenvalue weighted by Gasteiger charge is -2.13. The second-order valence-corrected chi connectivity index (χ2v) is 7.25. The van der Waals surface area contributed by atoms with Crippen LogP contribution in [0.4, 0.5) is 0 Å². The van der Waals surface area contributed by atoms with Gasteiger partial charge in [-0.3, -0.25) is 5.32 Å². The Balaban J connectivity index is 1.88. The van der Waals surface area contributed by atoms with Crippen LogP contribution < -0.4 is 5.32 Å². The number of hydrogen-bond donors (Lipinski definition) is 1. The number of rotatable bonds is 5. The Labute approximate surface area is 122 Å². The van der Waals surface area contributed by atoms with Crippen molar-refractivity contribution in [1.82, 2.24) is 15.3 Å². The normalized spacial score (nSPS) is 17.1. The summed E-state index contributed by atoms with van der Waals surface area (Å²) >= 11 is 3.49. The highest BCUT2D eigenvalue weighted by molar-refractivity contribution is 7.11. The lowest BCUT2D eigenvalue weighted by molar-refractivity contribution is 0.591. The fraction of sp³-hybridized carbons (Fsp3) is 0.571. The number of aromatic nitrogens is 2. The van der Waals surface area contributed by atoms with Gasteiger partial charge in [0.15, 0.2) is 0 Å². The second-order valence-electron chi connectivity index (χ2n) is 5.47. The molecule has 0 radical (unpaired) electrons. The predicted molar refractivity (Wildman–Crippen MR) is 81.1 cm³/mol. The van der Waals surface area contributed by atoms with Crippen molar-refractivity contribution < 1.29 is 0 Å². The van der Waals surface area contributed by atoms with Crippen molar-refractivity contribution in [2.75, 3.05) is 0 Å². The van der Waals surface area contributed by atoms with Gasteiger partial charge in [-0.15, -0.1) is 22.7 Å². The fourth-order valence-electron chi connectivity index (χ4n) is 1.94. The summed E-state index contributed by atoms with van der Waals surface area (Å²) in [6.07, 6.45) is 2.56. The van der Waals surface area contributed by atoms with Gasteiger partial charge in [-0.25, -0.2) is 9.97 Å². The summed E-state index contributed by atoms with van der Waals surface area (Å²) < 4.78 is 0. The molecule has 102 valence electrons. The average molecular weight is 293 g/mol. The van der Waals surface area contributed by atoms with Crippen LogP contribution in [0.1, 0.15) is 60.1 Å². The van der Waals surface area contributed by atoms with Crippen LogP contribution in [0.5, 0.6) is 0 Å². The van der Waals surface area contributed by atoms with E-state index in [1.165, 1.54) is 18.5 Å². The van der Waals surface area contributed by atoms with E-state index in [-0.39, 0.29) is 6.04 Å². The first kappa shape index (κ1) is 13.2. The Kier molecular flexibility index (Phi) is 3.69. The van der Waals surface area contributed by atoms with Crippen molar-refractivity contribution in [1.29, 1.82) is 0 Å². The first-order valence-corrected chi connectivity index (χ1v) is 8.53. The Hall–Kier alpha value is -0.780. The SMILES string of the molecule is Cc1csc(C(NC2CC2)c2nc(C(C)C)cs2)n1. The highest BCUT2D eigenvalue weighted by atomic mass is 32.1. The molecule has 1 atom stereocenters. The van der Waals surface area contributed by atoms with E-state index in [1.54, 1.807) is 22.7 Å². The van der Waals surface area contributed by atoms with E-state index in [2.05, 4.69) is 41.8 Å². The Bertz CT molecular complexity index is 555. The molecule has 1 aliphatic carbocycles. The van der Waals surface area contributed by atoms with Gasteiger partial charge in [0.05, 0.1) is 5.69 Å². The minimum atomic E-state index is 0.184. The van der Waals surface area contributed by atoms with Crippen LogP contribution in [0.2, 0.25) is 0 Å². The van der Waals surface area contributed by atoms with Crippen molar-refractivity contribution in [3.05, 3.63) is 32.2 Å². The molecule has 1 N–H and O–H groups in total. The molecule has 5 heteroatoms. The molecule has 3 nitrogen and oxygen atoms in total. The van der Waals surface area contributed by atoms with E-state index < -0.39 is 0 Å². The lowest BCUT2D eigenvalue weighted by Crippen LogP contribution is -2.24. The fourth-order valence-corrected chi connectivity index (χ4v) is 3.91. The molecule has 0 spiro atoms. The zero-order chi connectivity index (χ0) is 13.4. The Morgan fingerprint density at radius 1 is 1.16 bits per heavy atom. The molecule has 0 aliphatic heterocycles. The summed E-state index contributed by atoms with van der Waals surface area (Å²) in [5.74, 6) is 0.490. The standard InChI is InChI=1S/C14H19N3S2/c1-8(2)11-7-19-14(17-11)12(16-10-4-5-10)13-15-9(3)6-18-13/h6-8,10,12,16H,4-5H2,1-3H3. The Morgan fingerprint density at radius 2 is 1.84 bits per heavy atom. The van der Waals surface area contributed by atoms with E-state index >= 15 is 0 Å². The van der Waals surface area contributed by atoms with Gasteiger partial charge in [0.25, 0.3) is 0 Å². The molecule has 2 aromatic heterocycles. The molecule has 0 saturated heterocycles. The van der Waals surface area contributed by atoms with Crippen LogP contribution in [0.15, 0.2) is 10.8 Å². The van der Waals surface area contributed by atoms with E-state index in [0.29, 0.717) is 12.0 Å². The molecular formula is C14H19N3S2. The van der Waals surface area contributed by atoms with Crippen LogP contribution in [0.3, 0.4) is 0 Å². The topological polar surface area (TPSA) is 37.8 Å². The highest BCUT2D eigenvalue weighted by Crippen LogP contribution is 2.32. The third kappa shape index (κ3) is 3.04. The maximum absolute atomic E-state index is 4.80. The third-order valence-corrected chi connectivity index (χ3v) is 5.20. The molecule has 2 heterocycles. The summed E-state index contributed by atoms with van der Waals surface area (Å²) in [5, 5.41) is 10.3. The number of nitrogens with zero attached hydrogens (tertiary/aromatic N) is 2. The summed E-state index contributed by atoms with van der Waals surface area (Å²) in [7, 11) is 0. The van der Waals surface area contributed by atoms with Crippen molar-refractivity contribution in [3.8, 4) is 0 Å². The van der Waals surface area contributed by atoms with Crippen molar-refractivity contribution >= 4 is 22.7 Å². The molecule has 0 amide bonds. The van der Waals surface area contributed by atoms with Crippen LogP contribution in [0.25, 0.3) is 0 Å². The Morgan fingerprint density at radius 3 is 2.37 bits per heavy atom. The average Bonchev–Trinajstić information content (AvgIpc) is 2.89. The number of thiazole rings is 2. The monoisotopic (exact) mass is 293 g/mol. The van der Waals surface area contributed by atoms with Gasteiger partial charge >= 0.3 is 0 Å². The van der Waals surface area contributed by atoms with Crippen LogP contribution in [-0.4, -0.2) is 16.0 Å². The van der Waals surface area contributed by atoms with Crippen LogP contribution >= 0.6 is 22.7 Å². The predicted octanol–water partition coefficient (Wildman–Crippen LogP) is 3.87. The minimum Gasteiger partial charge on any atom is -0.299 e. The first-order valence-electron chi connectivity index (χ1n) is 6.77. The van der Waals surface area contributed by atoms with E-state index in [1.807, 2.05) is 0 Å². The molecule has 0 bridgehead atoms. The molecule has 19 heavy (non-hydrogen) atoms. The summed E-state index contributed by atoms with van der Waals surface area (Å²) in [5.41, 5.74) is 2.29. The molecule has 3 rings (SSSR count). The summed E-state index contributed by atoms with van der Waals surface area (Å²) in [4.78, 5) is 9.44. The summed E-state index contributed by atoms with van der Waals surface area (Å²) in [6, 6.07) is 0.837. The van der Waals surface area contributed by atoms with Gasteiger partial charge < -0.3 is 0 Å². The minimum absolute atomic E-state index is 0.184. The number of nitrogens with one attached hydrogen (secondary N) is 1. The van der Waals surface area contributed by atoms with Gasteiger partial charge in [-0.2, -0.15) is 0 Å². The van der Waals surface area contributed by atoms with Crippen molar-refractivity contribution in [2.45, 2.75) is 51.6 Å². The largest absolute Gasteiger partial charge is 0.299 e. The van der Waals surface area contributed by atoms with Gasteiger partial charge in [0.1, 0.15) is 16.1 Å². The third-order valence-electron chi connectivity index (χ3n) is 3.24. The zero-order valence-corrected chi connectivity index (χ0v) is 13.1. The van der Waals surface area contributed by atoms with E-state index in [9.17, 15) is 0 Å². The zero-order valence-electron chi connectivity index (χ0n) is 11.5. The number of hydrogen-bond acceptors (Lipinski definition) is 5. The lowest BCUT2D eigenvalue weighted by atomic mass is 10.2. The number of aryl methyl sites for hydroxylation is 1. The molecule has 1 fully saturated rings. The maximum Gasteiger partial charge on any atom is 0.117 e. The molecule has 1 aliphatic rings. The molecule has 2 aromatic rings. The van der Waals surface area contributed by atoms with Gasteiger partial charge in [-0.05, 0) is 25.7 Å². The second kappa shape index (κ2) is 5.31. The first-order chi connectivity index (χ1) is 9.13. The molecular weight excluding hydrogens is 274 g/mol.